The van der Waals surface area contributed by atoms with Gasteiger partial charge in [-0.2, -0.15) is 0 Å². The van der Waals surface area contributed by atoms with Crippen molar-refractivity contribution in [2.75, 3.05) is 18.5 Å². The molecule has 0 saturated heterocycles. The van der Waals surface area contributed by atoms with Crippen LogP contribution in [-0.2, 0) is 6.54 Å². The quantitative estimate of drug-likeness (QED) is 0.744. The highest BCUT2D eigenvalue weighted by Gasteiger charge is 2.22. The maximum Gasteiger partial charge on any atom is 0.0397 e. The van der Waals surface area contributed by atoms with Gasteiger partial charge in [0.25, 0.3) is 0 Å². The van der Waals surface area contributed by atoms with Gasteiger partial charge in [-0.05, 0) is 57.4 Å². The molecule has 0 radical (unpaired) electrons. The molecule has 0 amide bonds. The fourth-order valence-electron chi connectivity index (χ4n) is 2.18. The molecule has 0 bridgehead atoms. The van der Waals surface area contributed by atoms with E-state index in [4.69, 9.17) is 0 Å². The third kappa shape index (κ3) is 4.24. The van der Waals surface area contributed by atoms with Gasteiger partial charge in [0.2, 0.25) is 0 Å². The smallest absolute Gasteiger partial charge is 0.0397 e. The van der Waals surface area contributed by atoms with Crippen molar-refractivity contribution in [3.8, 4) is 0 Å². The molecule has 1 rings (SSSR count). The van der Waals surface area contributed by atoms with Crippen molar-refractivity contribution in [2.45, 2.75) is 59.5 Å². The van der Waals surface area contributed by atoms with Crippen LogP contribution in [0.25, 0.3) is 0 Å². The molecule has 1 N–H and O–H groups in total. The second-order valence-corrected chi connectivity index (χ2v) is 6.02. The van der Waals surface area contributed by atoms with Crippen LogP contribution in [-0.4, -0.2) is 19.1 Å². The van der Waals surface area contributed by atoms with Gasteiger partial charge in [-0.1, -0.05) is 26.0 Å². The molecule has 1 aromatic carbocycles. The molecule has 0 aliphatic carbocycles. The largest absolute Gasteiger partial charge is 0.369 e. The maximum absolute atomic E-state index is 3.46. The summed E-state index contributed by atoms with van der Waals surface area (Å²) in [4.78, 5) is 2.39. The van der Waals surface area contributed by atoms with Crippen LogP contribution in [0.4, 0.5) is 5.69 Å². The highest BCUT2D eigenvalue weighted by atomic mass is 15.2. The summed E-state index contributed by atoms with van der Waals surface area (Å²) >= 11 is 0. The lowest BCUT2D eigenvalue weighted by Gasteiger charge is -2.37. The minimum Gasteiger partial charge on any atom is -0.369 e. The number of aryl methyl sites for hydroxylation is 1. The SMILES string of the molecule is CCCNCc1ccc(N(C)C(C)(C)CC)c(C)c1. The molecule has 0 spiro atoms. The first kappa shape index (κ1) is 16.0. The molecule has 19 heavy (non-hydrogen) atoms. The molecule has 2 nitrogen and oxygen atoms in total. The summed E-state index contributed by atoms with van der Waals surface area (Å²) in [5, 5.41) is 3.46. The zero-order chi connectivity index (χ0) is 14.5. The lowest BCUT2D eigenvalue weighted by molar-refractivity contribution is 0.470. The highest BCUT2D eigenvalue weighted by molar-refractivity contribution is 5.55. The van der Waals surface area contributed by atoms with E-state index in [9.17, 15) is 0 Å². The van der Waals surface area contributed by atoms with Crippen molar-refractivity contribution in [2.24, 2.45) is 0 Å². The topological polar surface area (TPSA) is 15.3 Å². The monoisotopic (exact) mass is 262 g/mol. The summed E-state index contributed by atoms with van der Waals surface area (Å²) < 4.78 is 0. The van der Waals surface area contributed by atoms with E-state index in [0.717, 1.165) is 19.5 Å². The molecule has 0 aromatic heterocycles. The van der Waals surface area contributed by atoms with Gasteiger partial charge in [-0.15, -0.1) is 0 Å². The Morgan fingerprint density at radius 2 is 1.89 bits per heavy atom. The van der Waals surface area contributed by atoms with Crippen LogP contribution in [0.5, 0.6) is 0 Å². The number of benzene rings is 1. The third-order valence-corrected chi connectivity index (χ3v) is 4.15. The van der Waals surface area contributed by atoms with Crippen molar-refractivity contribution in [3.05, 3.63) is 29.3 Å². The van der Waals surface area contributed by atoms with Gasteiger partial charge < -0.3 is 10.2 Å². The van der Waals surface area contributed by atoms with Crippen molar-refractivity contribution >= 4 is 5.69 Å². The van der Waals surface area contributed by atoms with Gasteiger partial charge in [-0.3, -0.25) is 0 Å². The van der Waals surface area contributed by atoms with Gasteiger partial charge in [0.15, 0.2) is 0 Å². The van der Waals surface area contributed by atoms with E-state index >= 15 is 0 Å². The van der Waals surface area contributed by atoms with Crippen LogP contribution in [0, 0.1) is 6.92 Å². The Morgan fingerprint density at radius 3 is 2.42 bits per heavy atom. The molecule has 2 heteroatoms. The zero-order valence-electron chi connectivity index (χ0n) is 13.5. The van der Waals surface area contributed by atoms with Crippen LogP contribution in [0.3, 0.4) is 0 Å². The second kappa shape index (κ2) is 6.95. The van der Waals surface area contributed by atoms with Crippen LogP contribution in [0.1, 0.15) is 51.7 Å². The molecular formula is C17H30N2. The summed E-state index contributed by atoms with van der Waals surface area (Å²) in [5.41, 5.74) is 4.27. The normalized spacial score (nSPS) is 11.7. The minimum absolute atomic E-state index is 0.201. The molecule has 108 valence electrons. The third-order valence-electron chi connectivity index (χ3n) is 4.15. The Bertz CT molecular complexity index is 396. The van der Waals surface area contributed by atoms with E-state index < -0.39 is 0 Å². The molecule has 0 heterocycles. The average molecular weight is 262 g/mol. The van der Waals surface area contributed by atoms with E-state index in [0.29, 0.717) is 0 Å². The first-order valence-electron chi connectivity index (χ1n) is 7.46. The number of nitrogens with zero attached hydrogens (tertiary/aromatic N) is 1. The number of rotatable bonds is 7. The van der Waals surface area contributed by atoms with Crippen LogP contribution in [0.15, 0.2) is 18.2 Å². The highest BCUT2D eigenvalue weighted by Crippen LogP contribution is 2.28. The summed E-state index contributed by atoms with van der Waals surface area (Å²) in [6, 6.07) is 6.81. The summed E-state index contributed by atoms with van der Waals surface area (Å²) in [6.45, 7) is 13.3. The predicted octanol–water partition coefficient (Wildman–Crippen LogP) is 4.12. The van der Waals surface area contributed by atoms with Gasteiger partial charge in [0, 0.05) is 24.8 Å². The zero-order valence-corrected chi connectivity index (χ0v) is 13.5. The van der Waals surface area contributed by atoms with E-state index in [-0.39, 0.29) is 5.54 Å². The lowest BCUT2D eigenvalue weighted by atomic mass is 9.97. The number of hydrogen-bond acceptors (Lipinski definition) is 2. The van der Waals surface area contributed by atoms with Crippen LogP contribution >= 0.6 is 0 Å². The Morgan fingerprint density at radius 1 is 1.21 bits per heavy atom. The molecule has 0 aliphatic heterocycles. The van der Waals surface area contributed by atoms with Gasteiger partial charge in [0.05, 0.1) is 0 Å². The van der Waals surface area contributed by atoms with Crippen LogP contribution in [0.2, 0.25) is 0 Å². The molecule has 0 saturated carbocycles. The van der Waals surface area contributed by atoms with Crippen LogP contribution < -0.4 is 10.2 Å². The van der Waals surface area contributed by atoms with E-state index in [2.05, 4.69) is 70.1 Å². The Balaban J connectivity index is 2.82. The Hall–Kier alpha value is -1.02. The Labute approximate surface area is 119 Å². The molecule has 0 atom stereocenters. The van der Waals surface area contributed by atoms with Crippen molar-refractivity contribution in [3.63, 3.8) is 0 Å². The van der Waals surface area contributed by atoms with E-state index in [1.165, 1.54) is 23.2 Å². The predicted molar refractivity (Wildman–Crippen MR) is 85.9 cm³/mol. The van der Waals surface area contributed by atoms with Crippen molar-refractivity contribution in [1.29, 1.82) is 0 Å². The molecule has 0 aliphatic rings. The summed E-state index contributed by atoms with van der Waals surface area (Å²) in [7, 11) is 2.20. The van der Waals surface area contributed by atoms with Gasteiger partial charge in [0.1, 0.15) is 0 Å². The minimum atomic E-state index is 0.201. The summed E-state index contributed by atoms with van der Waals surface area (Å²) in [6.07, 6.45) is 2.33. The molecule has 0 unspecified atom stereocenters. The van der Waals surface area contributed by atoms with Gasteiger partial charge in [-0.25, -0.2) is 0 Å². The maximum atomic E-state index is 3.46. The van der Waals surface area contributed by atoms with Crippen molar-refractivity contribution in [1.82, 2.24) is 5.32 Å². The number of nitrogens with one attached hydrogen (secondary N) is 1. The second-order valence-electron chi connectivity index (χ2n) is 6.02. The number of anilines is 1. The lowest BCUT2D eigenvalue weighted by Crippen LogP contribution is -2.40. The molecular weight excluding hydrogens is 232 g/mol. The standard InChI is InChI=1S/C17H30N2/c1-7-11-18-13-15-9-10-16(14(3)12-15)19(6)17(4,5)8-2/h9-10,12,18H,7-8,11,13H2,1-6H3. The van der Waals surface area contributed by atoms with E-state index in [1.54, 1.807) is 0 Å². The molecule has 1 aromatic rings. The Kier molecular flexibility index (Phi) is 5.86. The molecule has 0 fully saturated rings. The first-order valence-corrected chi connectivity index (χ1v) is 7.46. The fraction of sp³-hybridized carbons (Fsp3) is 0.647. The van der Waals surface area contributed by atoms with Crippen molar-refractivity contribution < 1.29 is 0 Å². The average Bonchev–Trinajstić information content (AvgIpc) is 2.38. The first-order chi connectivity index (χ1) is 8.92. The van der Waals surface area contributed by atoms with E-state index in [1.807, 2.05) is 0 Å². The summed E-state index contributed by atoms with van der Waals surface area (Å²) in [5.74, 6) is 0. The van der Waals surface area contributed by atoms with Gasteiger partial charge >= 0.3 is 0 Å². The fourth-order valence-corrected chi connectivity index (χ4v) is 2.18. The number of hydrogen-bond donors (Lipinski definition) is 1.